The topological polar surface area (TPSA) is 57.6 Å². The second kappa shape index (κ2) is 8.60. The monoisotopic (exact) mass is 411 g/mol. The van der Waals surface area contributed by atoms with Gasteiger partial charge in [-0.05, 0) is 43.0 Å². The fraction of sp³-hybridized carbons (Fsp3) is 0.185. The van der Waals surface area contributed by atoms with Gasteiger partial charge in [0.05, 0.1) is 11.6 Å². The van der Waals surface area contributed by atoms with Gasteiger partial charge in [0.1, 0.15) is 0 Å². The third kappa shape index (κ3) is 4.02. The van der Waals surface area contributed by atoms with Crippen LogP contribution in [0.1, 0.15) is 34.7 Å². The molecule has 1 N–H and O–H groups in total. The molecular formula is C27H25NO3. The van der Waals surface area contributed by atoms with Crippen molar-refractivity contribution >= 4 is 17.4 Å². The van der Waals surface area contributed by atoms with Gasteiger partial charge >= 0.3 is 0 Å². The van der Waals surface area contributed by atoms with Crippen LogP contribution in [-0.4, -0.2) is 16.8 Å². The first kappa shape index (κ1) is 20.6. The van der Waals surface area contributed by atoms with E-state index in [4.69, 9.17) is 0 Å². The van der Waals surface area contributed by atoms with Gasteiger partial charge in [0.25, 0.3) is 5.91 Å². The number of ketones is 1. The van der Waals surface area contributed by atoms with Crippen LogP contribution in [0.5, 0.6) is 0 Å². The molecule has 4 nitrogen and oxygen atoms in total. The summed E-state index contributed by atoms with van der Waals surface area (Å²) in [5.41, 5.74) is 4.65. The quantitative estimate of drug-likeness (QED) is 0.590. The highest BCUT2D eigenvalue weighted by molar-refractivity contribution is 6.16. The standard InChI is InChI=1S/C27H25NO3/c1-18-9-8-13-21(17-18)25-24(23(29)16-15-20-11-4-3-5-12-20)26(30)27(31)28(25)22-14-7-6-10-19(22)2/h3-14,17,25,30H,15-16H2,1-2H3. The fourth-order valence-corrected chi connectivity index (χ4v) is 4.17. The molecule has 0 fully saturated rings. The third-order valence-electron chi connectivity index (χ3n) is 5.72. The van der Waals surface area contributed by atoms with E-state index in [1.165, 1.54) is 0 Å². The van der Waals surface area contributed by atoms with E-state index in [9.17, 15) is 14.7 Å². The maximum atomic E-state index is 13.3. The first-order valence-corrected chi connectivity index (χ1v) is 10.4. The second-order valence-corrected chi connectivity index (χ2v) is 7.95. The molecule has 3 aromatic carbocycles. The molecule has 4 rings (SSSR count). The lowest BCUT2D eigenvalue weighted by molar-refractivity contribution is -0.118. The van der Waals surface area contributed by atoms with Crippen molar-refractivity contribution in [1.29, 1.82) is 0 Å². The average molecular weight is 412 g/mol. The van der Waals surface area contributed by atoms with Gasteiger partial charge < -0.3 is 5.11 Å². The van der Waals surface area contributed by atoms with Gasteiger partial charge in [-0.15, -0.1) is 0 Å². The zero-order chi connectivity index (χ0) is 22.0. The molecule has 0 saturated heterocycles. The van der Waals surface area contributed by atoms with Crippen LogP contribution in [0.4, 0.5) is 5.69 Å². The number of amides is 1. The molecule has 1 unspecified atom stereocenters. The van der Waals surface area contributed by atoms with Crippen LogP contribution < -0.4 is 4.90 Å². The number of carbonyl (C=O) groups excluding carboxylic acids is 2. The zero-order valence-corrected chi connectivity index (χ0v) is 17.7. The van der Waals surface area contributed by atoms with Gasteiger partial charge in [-0.1, -0.05) is 78.4 Å². The molecule has 0 bridgehead atoms. The zero-order valence-electron chi connectivity index (χ0n) is 17.7. The van der Waals surface area contributed by atoms with Crippen molar-refractivity contribution in [3.05, 3.63) is 112 Å². The van der Waals surface area contributed by atoms with E-state index in [1.54, 1.807) is 4.90 Å². The largest absolute Gasteiger partial charge is 0.503 e. The Hall–Kier alpha value is -3.66. The minimum absolute atomic E-state index is 0.176. The number of rotatable bonds is 6. The lowest BCUT2D eigenvalue weighted by Gasteiger charge is -2.28. The molecule has 0 aliphatic carbocycles. The first-order chi connectivity index (χ1) is 15.0. The number of hydrogen-bond acceptors (Lipinski definition) is 3. The summed E-state index contributed by atoms with van der Waals surface area (Å²) >= 11 is 0. The minimum Gasteiger partial charge on any atom is -0.503 e. The molecule has 1 aliphatic heterocycles. The maximum absolute atomic E-state index is 13.3. The SMILES string of the molecule is Cc1cccc(C2C(C(=O)CCc3ccccc3)=C(O)C(=O)N2c2ccccc2C)c1. The summed E-state index contributed by atoms with van der Waals surface area (Å²) in [5, 5.41) is 10.8. The van der Waals surface area contributed by atoms with Gasteiger partial charge in [0.15, 0.2) is 11.5 Å². The molecule has 156 valence electrons. The number of benzene rings is 3. The highest BCUT2D eigenvalue weighted by atomic mass is 16.3. The van der Waals surface area contributed by atoms with E-state index in [0.717, 1.165) is 22.3 Å². The summed E-state index contributed by atoms with van der Waals surface area (Å²) < 4.78 is 0. The number of hydrogen-bond donors (Lipinski definition) is 1. The van der Waals surface area contributed by atoms with Gasteiger partial charge in [0, 0.05) is 12.1 Å². The summed E-state index contributed by atoms with van der Waals surface area (Å²) in [6, 6.07) is 24.4. The van der Waals surface area contributed by atoms with Crippen molar-refractivity contribution in [2.45, 2.75) is 32.7 Å². The third-order valence-corrected chi connectivity index (χ3v) is 5.72. The van der Waals surface area contributed by atoms with Crippen LogP contribution in [0.2, 0.25) is 0 Å². The molecule has 4 heteroatoms. The number of Topliss-reactive ketones (excluding diaryl/α,β-unsaturated/α-hetero) is 1. The van der Waals surface area contributed by atoms with Crippen LogP contribution in [0, 0.1) is 13.8 Å². The van der Waals surface area contributed by atoms with Gasteiger partial charge in [0.2, 0.25) is 0 Å². The Balaban J connectivity index is 1.75. The van der Waals surface area contributed by atoms with E-state index in [1.807, 2.05) is 92.7 Å². The molecule has 0 aromatic heterocycles. The number of anilines is 1. The molecule has 3 aromatic rings. The van der Waals surface area contributed by atoms with Gasteiger partial charge in [-0.2, -0.15) is 0 Å². The predicted molar refractivity (Wildman–Crippen MR) is 122 cm³/mol. The summed E-state index contributed by atoms with van der Waals surface area (Å²) in [6.07, 6.45) is 0.774. The molecule has 1 amide bonds. The molecule has 1 aliphatic rings. The molecule has 31 heavy (non-hydrogen) atoms. The first-order valence-electron chi connectivity index (χ1n) is 10.4. The number of aryl methyl sites for hydroxylation is 3. The normalized spacial score (nSPS) is 16.1. The number of aliphatic hydroxyl groups is 1. The average Bonchev–Trinajstić information content (AvgIpc) is 3.04. The molecule has 0 spiro atoms. The smallest absolute Gasteiger partial charge is 0.294 e. The maximum Gasteiger partial charge on any atom is 0.294 e. The molecule has 1 heterocycles. The van der Waals surface area contributed by atoms with Crippen molar-refractivity contribution in [2.24, 2.45) is 0 Å². The highest BCUT2D eigenvalue weighted by Gasteiger charge is 2.44. The Bertz CT molecular complexity index is 1160. The Morgan fingerprint density at radius 3 is 2.35 bits per heavy atom. The van der Waals surface area contributed by atoms with Crippen LogP contribution in [0.3, 0.4) is 0 Å². The lowest BCUT2D eigenvalue weighted by Crippen LogP contribution is -2.31. The van der Waals surface area contributed by atoms with E-state index < -0.39 is 17.7 Å². The Labute approximate surface area is 182 Å². The van der Waals surface area contributed by atoms with E-state index >= 15 is 0 Å². The molecular weight excluding hydrogens is 386 g/mol. The van der Waals surface area contributed by atoms with Crippen molar-refractivity contribution in [2.75, 3.05) is 4.90 Å². The lowest BCUT2D eigenvalue weighted by atomic mass is 9.92. The summed E-state index contributed by atoms with van der Waals surface area (Å²) in [5.74, 6) is -1.20. The number of aliphatic hydroxyl groups excluding tert-OH is 1. The van der Waals surface area contributed by atoms with Crippen LogP contribution in [0.25, 0.3) is 0 Å². The summed E-state index contributed by atoms with van der Waals surface area (Å²) in [6.45, 7) is 3.89. The van der Waals surface area contributed by atoms with Crippen molar-refractivity contribution < 1.29 is 14.7 Å². The van der Waals surface area contributed by atoms with Gasteiger partial charge in [-0.25, -0.2) is 0 Å². The fourth-order valence-electron chi connectivity index (χ4n) is 4.17. The highest BCUT2D eigenvalue weighted by Crippen LogP contribution is 2.42. The Morgan fingerprint density at radius 1 is 0.935 bits per heavy atom. The van der Waals surface area contributed by atoms with E-state index in [-0.39, 0.29) is 17.8 Å². The Morgan fingerprint density at radius 2 is 1.65 bits per heavy atom. The van der Waals surface area contributed by atoms with Gasteiger partial charge in [-0.3, -0.25) is 14.5 Å². The number of carbonyl (C=O) groups is 2. The van der Waals surface area contributed by atoms with Crippen LogP contribution in [0.15, 0.2) is 90.2 Å². The van der Waals surface area contributed by atoms with Crippen LogP contribution in [-0.2, 0) is 16.0 Å². The number of nitrogens with zero attached hydrogens (tertiary/aromatic N) is 1. The van der Waals surface area contributed by atoms with E-state index in [2.05, 4.69) is 0 Å². The second-order valence-electron chi connectivity index (χ2n) is 7.95. The predicted octanol–water partition coefficient (Wildman–Crippen LogP) is 5.41. The van der Waals surface area contributed by atoms with Crippen molar-refractivity contribution in [3.63, 3.8) is 0 Å². The van der Waals surface area contributed by atoms with Crippen molar-refractivity contribution in [3.8, 4) is 0 Å². The molecule has 1 atom stereocenters. The summed E-state index contributed by atoms with van der Waals surface area (Å²) in [7, 11) is 0. The minimum atomic E-state index is -0.656. The Kier molecular flexibility index (Phi) is 5.72. The van der Waals surface area contributed by atoms with Crippen molar-refractivity contribution in [1.82, 2.24) is 0 Å². The molecule has 0 saturated carbocycles. The van der Waals surface area contributed by atoms with E-state index in [0.29, 0.717) is 12.1 Å². The number of para-hydroxylation sites is 1. The van der Waals surface area contributed by atoms with Crippen LogP contribution >= 0.6 is 0 Å². The molecule has 0 radical (unpaired) electrons. The summed E-state index contributed by atoms with van der Waals surface area (Å²) in [4.78, 5) is 28.0.